The van der Waals surface area contributed by atoms with Crippen LogP contribution in [0.25, 0.3) is 0 Å². The van der Waals surface area contributed by atoms with Crippen molar-refractivity contribution in [2.75, 3.05) is 30.0 Å². The van der Waals surface area contributed by atoms with Crippen molar-refractivity contribution in [2.45, 2.75) is 36.3 Å². The van der Waals surface area contributed by atoms with Crippen molar-refractivity contribution in [1.29, 1.82) is 5.26 Å². The van der Waals surface area contributed by atoms with Crippen LogP contribution in [-0.2, 0) is 19.7 Å². The van der Waals surface area contributed by atoms with E-state index < -0.39 is 16.9 Å². The molecule has 2 aliphatic heterocycles. The number of carbonyl (C=O) groups is 2. The third-order valence-electron chi connectivity index (χ3n) is 6.27. The van der Waals surface area contributed by atoms with Gasteiger partial charge in [0.1, 0.15) is 17.7 Å². The second kappa shape index (κ2) is 7.55. The quantitative estimate of drug-likeness (QED) is 0.566. The summed E-state index contributed by atoms with van der Waals surface area (Å²) < 4.78 is 5.12. The maximum atomic E-state index is 12.7. The van der Waals surface area contributed by atoms with Gasteiger partial charge in [-0.3, -0.25) is 9.59 Å². The van der Waals surface area contributed by atoms with E-state index in [9.17, 15) is 14.7 Å². The lowest BCUT2D eigenvalue weighted by atomic mass is 9.96. The minimum absolute atomic E-state index is 0.0234. The van der Waals surface area contributed by atoms with Gasteiger partial charge in [-0.15, -0.1) is 0 Å². The molecule has 0 aromatic carbocycles. The fourth-order valence-corrected chi connectivity index (χ4v) is 4.01. The van der Waals surface area contributed by atoms with Crippen LogP contribution in [0.3, 0.4) is 0 Å². The maximum absolute atomic E-state index is 12.7. The summed E-state index contributed by atoms with van der Waals surface area (Å²) in [7, 11) is 0. The number of ether oxygens (including phenoxy) is 1. The number of nitrogens with one attached hydrogen (secondary N) is 2. The second-order valence-corrected chi connectivity index (χ2v) is 8.43. The molecule has 2 amide bonds. The summed E-state index contributed by atoms with van der Waals surface area (Å²) in [6.07, 6.45) is 4.89. The number of nitriles is 1. The monoisotopic (exact) mass is 434 g/mol. The smallest absolute Gasteiger partial charge is 0.273 e. The third kappa shape index (κ3) is 3.45. The fourth-order valence-electron chi connectivity index (χ4n) is 4.01. The molecule has 2 saturated heterocycles. The number of nitrogens with zero attached hydrogens (tertiary/aromatic N) is 4. The first-order valence-corrected chi connectivity index (χ1v) is 10.5. The highest BCUT2D eigenvalue weighted by Gasteiger charge is 2.52. The SMILES string of the molecule is N#C[C@@]1(O)CCN(c2ccnc(Nc3ccc(C4(C(=O)NC5COC5)CC4)cn3)c2)C1=O. The Morgan fingerprint density at radius 2 is 2.03 bits per heavy atom. The Labute approximate surface area is 184 Å². The van der Waals surface area contributed by atoms with Crippen molar-refractivity contribution in [3.05, 3.63) is 42.2 Å². The molecule has 0 bridgehead atoms. The highest BCUT2D eigenvalue weighted by atomic mass is 16.5. The van der Waals surface area contributed by atoms with E-state index in [0.717, 1.165) is 18.4 Å². The van der Waals surface area contributed by atoms with Crippen molar-refractivity contribution in [3.63, 3.8) is 0 Å². The average molecular weight is 434 g/mol. The number of aromatic nitrogens is 2. The first-order valence-electron chi connectivity index (χ1n) is 10.5. The molecule has 0 radical (unpaired) electrons. The largest absolute Gasteiger partial charge is 0.377 e. The summed E-state index contributed by atoms with van der Waals surface area (Å²) in [5, 5.41) is 25.3. The predicted octanol–water partition coefficient (Wildman–Crippen LogP) is 0.758. The summed E-state index contributed by atoms with van der Waals surface area (Å²) in [4.78, 5) is 35.1. The van der Waals surface area contributed by atoms with Gasteiger partial charge in [-0.25, -0.2) is 9.97 Å². The summed E-state index contributed by atoms with van der Waals surface area (Å²) in [6, 6.07) is 8.76. The van der Waals surface area contributed by atoms with Crippen LogP contribution >= 0.6 is 0 Å². The maximum Gasteiger partial charge on any atom is 0.273 e. The van der Waals surface area contributed by atoms with Crippen LogP contribution in [0.15, 0.2) is 36.7 Å². The molecule has 0 unspecified atom stereocenters. The molecule has 32 heavy (non-hydrogen) atoms. The van der Waals surface area contributed by atoms with E-state index in [1.165, 1.54) is 11.1 Å². The molecule has 1 saturated carbocycles. The molecular formula is C22H22N6O4. The van der Waals surface area contributed by atoms with Gasteiger partial charge in [0.25, 0.3) is 5.91 Å². The molecule has 2 aromatic rings. The number of hydrogen-bond donors (Lipinski definition) is 3. The van der Waals surface area contributed by atoms with Crippen LogP contribution in [0, 0.1) is 11.3 Å². The molecule has 3 N–H and O–H groups in total. The van der Waals surface area contributed by atoms with Crippen molar-refractivity contribution in [2.24, 2.45) is 0 Å². The van der Waals surface area contributed by atoms with Crippen molar-refractivity contribution in [1.82, 2.24) is 15.3 Å². The Morgan fingerprint density at radius 1 is 1.22 bits per heavy atom. The van der Waals surface area contributed by atoms with Crippen LogP contribution in [0.4, 0.5) is 17.3 Å². The van der Waals surface area contributed by atoms with Crippen LogP contribution < -0.4 is 15.5 Å². The van der Waals surface area contributed by atoms with Gasteiger partial charge in [0.2, 0.25) is 11.5 Å². The normalized spacial score (nSPS) is 23.9. The molecule has 1 atom stereocenters. The zero-order chi connectivity index (χ0) is 22.3. The zero-order valence-electron chi connectivity index (χ0n) is 17.2. The van der Waals surface area contributed by atoms with Gasteiger partial charge in [0.15, 0.2) is 0 Å². The summed E-state index contributed by atoms with van der Waals surface area (Å²) in [5.74, 6) is 0.395. The van der Waals surface area contributed by atoms with Gasteiger partial charge in [0, 0.05) is 37.1 Å². The summed E-state index contributed by atoms with van der Waals surface area (Å²) in [5.41, 5.74) is -1.08. The number of rotatable bonds is 6. The van der Waals surface area contributed by atoms with E-state index in [-0.39, 0.29) is 24.9 Å². The average Bonchev–Trinajstić information content (AvgIpc) is 3.53. The van der Waals surface area contributed by atoms with Gasteiger partial charge >= 0.3 is 0 Å². The van der Waals surface area contributed by atoms with Crippen LogP contribution in [0.5, 0.6) is 0 Å². The molecule has 10 heteroatoms. The molecule has 5 rings (SSSR count). The Bertz CT molecular complexity index is 1110. The topological polar surface area (TPSA) is 140 Å². The molecule has 164 valence electrons. The van der Waals surface area contributed by atoms with Crippen molar-refractivity contribution in [3.8, 4) is 6.07 Å². The summed E-state index contributed by atoms with van der Waals surface area (Å²) >= 11 is 0. The number of hydrogen-bond acceptors (Lipinski definition) is 8. The van der Waals surface area contributed by atoms with E-state index in [1.807, 2.05) is 6.07 Å². The first-order chi connectivity index (χ1) is 15.4. The number of anilines is 3. The van der Waals surface area contributed by atoms with E-state index >= 15 is 0 Å². The second-order valence-electron chi connectivity index (χ2n) is 8.43. The lowest BCUT2D eigenvalue weighted by Crippen LogP contribution is -2.51. The molecule has 10 nitrogen and oxygen atoms in total. The Kier molecular flexibility index (Phi) is 4.80. The Hall–Kier alpha value is -3.55. The van der Waals surface area contributed by atoms with Gasteiger partial charge in [-0.05, 0) is 30.5 Å². The lowest BCUT2D eigenvalue weighted by molar-refractivity contribution is -0.128. The number of amides is 2. The lowest BCUT2D eigenvalue weighted by Gasteiger charge is -2.29. The molecule has 0 spiro atoms. The standard InChI is InChI=1S/C22H22N6O4/c23-13-22(31)6-8-28(20(22)30)16-3-7-24-18(9-16)27-17-2-1-14(10-25-17)21(4-5-21)19(29)26-15-11-32-12-15/h1-3,7,9-10,15,31H,4-6,8,11-12H2,(H,26,29)(H,24,25,27)/t22-/m0/s1. The van der Waals surface area contributed by atoms with Crippen molar-refractivity contribution < 1.29 is 19.4 Å². The van der Waals surface area contributed by atoms with Gasteiger partial charge in [-0.1, -0.05) is 6.07 Å². The fraction of sp³-hybridized carbons (Fsp3) is 0.409. The van der Waals surface area contributed by atoms with Crippen LogP contribution in [0.2, 0.25) is 0 Å². The minimum Gasteiger partial charge on any atom is -0.377 e. The Balaban J connectivity index is 1.27. The molecular weight excluding hydrogens is 412 g/mol. The summed E-state index contributed by atoms with van der Waals surface area (Å²) in [6.45, 7) is 1.37. The van der Waals surface area contributed by atoms with Crippen LogP contribution in [0.1, 0.15) is 24.8 Å². The minimum atomic E-state index is -1.98. The van der Waals surface area contributed by atoms with Gasteiger partial charge in [0.05, 0.1) is 24.7 Å². The number of pyridine rings is 2. The third-order valence-corrected chi connectivity index (χ3v) is 6.27. The molecule has 3 fully saturated rings. The van der Waals surface area contributed by atoms with Crippen molar-refractivity contribution >= 4 is 29.1 Å². The molecule has 1 aliphatic carbocycles. The highest BCUT2D eigenvalue weighted by Crippen LogP contribution is 2.48. The number of carbonyl (C=O) groups excluding carboxylic acids is 2. The highest BCUT2D eigenvalue weighted by molar-refractivity contribution is 6.03. The van der Waals surface area contributed by atoms with E-state index in [1.54, 1.807) is 30.5 Å². The molecule has 4 heterocycles. The zero-order valence-corrected chi connectivity index (χ0v) is 17.2. The molecule has 3 aliphatic rings. The van der Waals surface area contributed by atoms with Gasteiger partial charge < -0.3 is 25.4 Å². The molecule has 2 aromatic heterocycles. The first kappa shape index (κ1) is 20.4. The predicted molar refractivity (Wildman–Crippen MR) is 113 cm³/mol. The van der Waals surface area contributed by atoms with Crippen LogP contribution in [-0.4, -0.2) is 58.3 Å². The van der Waals surface area contributed by atoms with E-state index in [2.05, 4.69) is 20.6 Å². The van der Waals surface area contributed by atoms with E-state index in [4.69, 9.17) is 10.00 Å². The Morgan fingerprint density at radius 3 is 2.62 bits per heavy atom. The number of aliphatic hydroxyl groups is 1. The van der Waals surface area contributed by atoms with E-state index in [0.29, 0.717) is 30.5 Å². The van der Waals surface area contributed by atoms with Gasteiger partial charge in [-0.2, -0.15) is 5.26 Å².